The highest BCUT2D eigenvalue weighted by Gasteiger charge is 2.31. The highest BCUT2D eigenvalue weighted by molar-refractivity contribution is 5.70. The summed E-state index contributed by atoms with van der Waals surface area (Å²) in [6, 6.07) is 2.18. The monoisotopic (exact) mass is 255 g/mol. The van der Waals surface area contributed by atoms with Crippen LogP contribution in [0.5, 0.6) is 0 Å². The molecule has 1 atom stereocenters. The van der Waals surface area contributed by atoms with E-state index in [0.717, 1.165) is 6.42 Å². The van der Waals surface area contributed by atoms with Crippen molar-refractivity contribution < 1.29 is 0 Å². The Morgan fingerprint density at radius 2 is 2.21 bits per heavy atom. The van der Waals surface area contributed by atoms with Crippen molar-refractivity contribution in [2.24, 2.45) is 5.41 Å². The second kappa shape index (κ2) is 6.18. The molecule has 1 heteroatoms. The molecule has 0 amide bonds. The molecule has 1 aromatic heterocycles. The van der Waals surface area contributed by atoms with Crippen LogP contribution < -0.4 is 0 Å². The van der Waals surface area contributed by atoms with Crippen LogP contribution in [0.3, 0.4) is 0 Å². The van der Waals surface area contributed by atoms with Gasteiger partial charge in [-0.15, -0.1) is 0 Å². The average Bonchev–Trinajstić information content (AvgIpc) is 2.38. The predicted octanol–water partition coefficient (Wildman–Crippen LogP) is 5.18. The first-order valence-corrected chi connectivity index (χ1v) is 7.42. The number of hydrogen-bond donors (Lipinski definition) is 0. The second-order valence-corrected chi connectivity index (χ2v) is 5.98. The number of rotatable bonds is 4. The number of pyridine rings is 1. The summed E-state index contributed by atoms with van der Waals surface area (Å²) in [4.78, 5) is 4.31. The lowest BCUT2D eigenvalue weighted by atomic mass is 9.69. The molecule has 0 radical (unpaired) electrons. The van der Waals surface area contributed by atoms with Crippen LogP contribution in [0, 0.1) is 5.41 Å². The lowest BCUT2D eigenvalue weighted by molar-refractivity contribution is 0.292. The number of fused-ring (bicyclic) bond motifs is 1. The van der Waals surface area contributed by atoms with Gasteiger partial charge < -0.3 is 0 Å². The first kappa shape index (κ1) is 14.0. The van der Waals surface area contributed by atoms with E-state index in [2.05, 4.69) is 56.2 Å². The van der Waals surface area contributed by atoms with Crippen LogP contribution in [0.4, 0.5) is 0 Å². The molecule has 0 aliphatic heterocycles. The van der Waals surface area contributed by atoms with E-state index >= 15 is 0 Å². The maximum absolute atomic E-state index is 4.31. The third kappa shape index (κ3) is 3.34. The number of nitrogens with zero attached hydrogens (tertiary/aromatic N) is 1. The van der Waals surface area contributed by atoms with Crippen molar-refractivity contribution >= 4 is 5.57 Å². The van der Waals surface area contributed by atoms with Gasteiger partial charge in [-0.05, 0) is 60.8 Å². The SMILES string of the molecule is C/C=C/C/C=C1\CC(C)(CCC)Cc2cnccc21. The van der Waals surface area contributed by atoms with Gasteiger partial charge in [-0.3, -0.25) is 4.98 Å². The van der Waals surface area contributed by atoms with Crippen LogP contribution in [-0.2, 0) is 6.42 Å². The van der Waals surface area contributed by atoms with Crippen molar-refractivity contribution in [3.63, 3.8) is 0 Å². The molecule has 102 valence electrons. The summed E-state index contributed by atoms with van der Waals surface area (Å²) < 4.78 is 0. The fraction of sp³-hybridized carbons (Fsp3) is 0.500. The third-order valence-corrected chi connectivity index (χ3v) is 4.07. The molecule has 0 aromatic carbocycles. The van der Waals surface area contributed by atoms with E-state index in [1.165, 1.54) is 42.4 Å². The normalized spacial score (nSPS) is 24.9. The van der Waals surface area contributed by atoms with E-state index in [1.807, 2.05) is 6.20 Å². The highest BCUT2D eigenvalue weighted by Crippen LogP contribution is 2.44. The van der Waals surface area contributed by atoms with Gasteiger partial charge in [0.1, 0.15) is 0 Å². The predicted molar refractivity (Wildman–Crippen MR) is 83.0 cm³/mol. The molecule has 1 nitrogen and oxygen atoms in total. The lowest BCUT2D eigenvalue weighted by Crippen LogP contribution is -2.25. The van der Waals surface area contributed by atoms with Gasteiger partial charge in [0.15, 0.2) is 0 Å². The van der Waals surface area contributed by atoms with Crippen molar-refractivity contribution in [2.45, 2.75) is 52.9 Å². The number of hydrogen-bond acceptors (Lipinski definition) is 1. The second-order valence-electron chi connectivity index (χ2n) is 5.98. The Hall–Kier alpha value is -1.37. The molecular formula is C18H25N. The van der Waals surface area contributed by atoms with Gasteiger partial charge in [0.05, 0.1) is 0 Å². The molecule has 0 N–H and O–H groups in total. The molecule has 0 spiro atoms. The van der Waals surface area contributed by atoms with Gasteiger partial charge in [-0.25, -0.2) is 0 Å². The standard InChI is InChI=1S/C18H25N/c1-4-6-7-8-15-12-18(3,10-5-2)13-16-14-19-11-9-17(15)16/h4,6,8-9,11,14H,5,7,10,12-13H2,1-3H3/b6-4+,15-8+. The topological polar surface area (TPSA) is 12.9 Å². The average molecular weight is 255 g/mol. The van der Waals surface area contributed by atoms with E-state index in [4.69, 9.17) is 0 Å². The van der Waals surface area contributed by atoms with Gasteiger partial charge in [-0.2, -0.15) is 0 Å². The van der Waals surface area contributed by atoms with E-state index in [9.17, 15) is 0 Å². The maximum atomic E-state index is 4.31. The van der Waals surface area contributed by atoms with E-state index < -0.39 is 0 Å². The third-order valence-electron chi connectivity index (χ3n) is 4.07. The summed E-state index contributed by atoms with van der Waals surface area (Å²) in [5.41, 5.74) is 4.77. The molecule has 1 aliphatic carbocycles. The summed E-state index contributed by atoms with van der Waals surface area (Å²) in [5, 5.41) is 0. The zero-order valence-corrected chi connectivity index (χ0v) is 12.4. The first-order valence-electron chi connectivity index (χ1n) is 7.42. The van der Waals surface area contributed by atoms with Crippen molar-refractivity contribution in [2.75, 3.05) is 0 Å². The smallest absolute Gasteiger partial charge is 0.0306 e. The fourth-order valence-corrected chi connectivity index (χ4v) is 3.27. The summed E-state index contributed by atoms with van der Waals surface area (Å²) in [6.45, 7) is 6.79. The van der Waals surface area contributed by atoms with E-state index in [1.54, 1.807) is 0 Å². The van der Waals surface area contributed by atoms with Gasteiger partial charge >= 0.3 is 0 Å². The quantitative estimate of drug-likeness (QED) is 0.675. The minimum absolute atomic E-state index is 0.409. The first-order chi connectivity index (χ1) is 9.18. The molecule has 1 unspecified atom stereocenters. The van der Waals surface area contributed by atoms with Crippen LogP contribution in [0.2, 0.25) is 0 Å². The summed E-state index contributed by atoms with van der Waals surface area (Å²) >= 11 is 0. The van der Waals surface area contributed by atoms with E-state index in [0.29, 0.717) is 5.41 Å². The molecule has 1 aliphatic rings. The Morgan fingerprint density at radius 1 is 1.37 bits per heavy atom. The molecule has 0 saturated carbocycles. The molecule has 0 fully saturated rings. The van der Waals surface area contributed by atoms with Crippen LogP contribution in [0.25, 0.3) is 5.57 Å². The highest BCUT2D eigenvalue weighted by atomic mass is 14.6. The molecule has 2 rings (SSSR count). The molecule has 1 heterocycles. The molecule has 1 aromatic rings. The summed E-state index contributed by atoms with van der Waals surface area (Å²) in [7, 11) is 0. The molecule has 19 heavy (non-hydrogen) atoms. The Balaban J connectivity index is 2.33. The molecule has 0 saturated heterocycles. The largest absolute Gasteiger partial charge is 0.264 e. The Bertz CT molecular complexity index is 484. The van der Waals surface area contributed by atoms with Crippen molar-refractivity contribution in [1.82, 2.24) is 4.98 Å². The molecule has 0 bridgehead atoms. The fourth-order valence-electron chi connectivity index (χ4n) is 3.27. The Kier molecular flexibility index (Phi) is 4.57. The van der Waals surface area contributed by atoms with Gasteiger partial charge in [-0.1, -0.05) is 38.5 Å². The maximum Gasteiger partial charge on any atom is 0.0306 e. The van der Waals surface area contributed by atoms with Gasteiger partial charge in [0.2, 0.25) is 0 Å². The van der Waals surface area contributed by atoms with Crippen molar-refractivity contribution in [1.29, 1.82) is 0 Å². The minimum atomic E-state index is 0.409. The van der Waals surface area contributed by atoms with Crippen LogP contribution >= 0.6 is 0 Å². The van der Waals surface area contributed by atoms with Crippen LogP contribution in [0.1, 0.15) is 57.6 Å². The van der Waals surface area contributed by atoms with E-state index in [-0.39, 0.29) is 0 Å². The zero-order chi connectivity index (χ0) is 13.7. The van der Waals surface area contributed by atoms with Crippen molar-refractivity contribution in [3.8, 4) is 0 Å². The number of aromatic nitrogens is 1. The minimum Gasteiger partial charge on any atom is -0.264 e. The molecular weight excluding hydrogens is 230 g/mol. The summed E-state index contributed by atoms with van der Waals surface area (Å²) in [6.07, 6.45) is 16.7. The van der Waals surface area contributed by atoms with Gasteiger partial charge in [0, 0.05) is 12.4 Å². The number of allylic oxidation sites excluding steroid dienone is 4. The lowest BCUT2D eigenvalue weighted by Gasteiger charge is -2.36. The van der Waals surface area contributed by atoms with Crippen LogP contribution in [0.15, 0.2) is 36.7 Å². The Morgan fingerprint density at radius 3 is 2.95 bits per heavy atom. The zero-order valence-electron chi connectivity index (χ0n) is 12.4. The van der Waals surface area contributed by atoms with Crippen molar-refractivity contribution in [3.05, 3.63) is 47.8 Å². The Labute approximate surface area is 117 Å². The summed E-state index contributed by atoms with van der Waals surface area (Å²) in [5.74, 6) is 0. The van der Waals surface area contributed by atoms with Gasteiger partial charge in [0.25, 0.3) is 0 Å². The van der Waals surface area contributed by atoms with Crippen LogP contribution in [-0.4, -0.2) is 4.98 Å².